The van der Waals surface area contributed by atoms with Crippen LogP contribution in [0.15, 0.2) is 6.07 Å². The van der Waals surface area contributed by atoms with Crippen molar-refractivity contribution in [1.29, 1.82) is 0 Å². The van der Waals surface area contributed by atoms with Crippen LogP contribution < -0.4 is 10.6 Å². The van der Waals surface area contributed by atoms with Gasteiger partial charge in [-0.3, -0.25) is 4.98 Å². The van der Waals surface area contributed by atoms with Crippen molar-refractivity contribution in [1.82, 2.24) is 4.98 Å². The molecule has 0 aliphatic carbocycles. The summed E-state index contributed by atoms with van der Waals surface area (Å²) < 4.78 is 0. The van der Waals surface area contributed by atoms with E-state index in [1.807, 2.05) is 0 Å². The average molecular weight is 275 g/mol. The summed E-state index contributed by atoms with van der Waals surface area (Å²) in [7, 11) is 0. The van der Waals surface area contributed by atoms with Crippen LogP contribution >= 0.6 is 0 Å². The third-order valence-corrected chi connectivity index (χ3v) is 5.30. The number of nitrogens with zero attached hydrogens (tertiary/aromatic N) is 2. The molecule has 0 bridgehead atoms. The Kier molecular flexibility index (Phi) is 4.69. The quantitative estimate of drug-likeness (QED) is 0.913. The third-order valence-electron chi connectivity index (χ3n) is 5.30. The SMILES string of the molecule is CCC1(CC)CCN(c2cc(C)nc(C)c2CN)CC1. The number of aryl methyl sites for hydroxylation is 2. The summed E-state index contributed by atoms with van der Waals surface area (Å²) >= 11 is 0. The molecule has 0 spiro atoms. The van der Waals surface area contributed by atoms with E-state index < -0.39 is 0 Å². The number of pyridine rings is 1. The lowest BCUT2D eigenvalue weighted by molar-refractivity contribution is 0.199. The molecular weight excluding hydrogens is 246 g/mol. The first-order valence-corrected chi connectivity index (χ1v) is 7.97. The second kappa shape index (κ2) is 6.13. The van der Waals surface area contributed by atoms with E-state index in [1.54, 1.807) is 0 Å². The van der Waals surface area contributed by atoms with Crippen LogP contribution in [-0.4, -0.2) is 18.1 Å². The summed E-state index contributed by atoms with van der Waals surface area (Å²) in [6.45, 7) is 11.7. The Labute approximate surface area is 123 Å². The Morgan fingerprint density at radius 2 is 1.80 bits per heavy atom. The molecule has 1 aliphatic heterocycles. The molecular formula is C17H29N3. The van der Waals surface area contributed by atoms with Gasteiger partial charge in [-0.05, 0) is 38.2 Å². The highest BCUT2D eigenvalue weighted by Gasteiger charge is 2.31. The van der Waals surface area contributed by atoms with Gasteiger partial charge in [-0.1, -0.05) is 26.7 Å². The molecule has 1 aliphatic rings. The molecule has 0 unspecified atom stereocenters. The van der Waals surface area contributed by atoms with Crippen molar-refractivity contribution >= 4 is 5.69 Å². The van der Waals surface area contributed by atoms with Gasteiger partial charge in [0.25, 0.3) is 0 Å². The molecule has 3 nitrogen and oxygen atoms in total. The molecule has 2 heterocycles. The van der Waals surface area contributed by atoms with Crippen LogP contribution in [0.4, 0.5) is 5.69 Å². The Balaban J connectivity index is 2.22. The van der Waals surface area contributed by atoms with Gasteiger partial charge in [-0.2, -0.15) is 0 Å². The van der Waals surface area contributed by atoms with Gasteiger partial charge in [0, 0.05) is 42.3 Å². The van der Waals surface area contributed by atoms with Crippen molar-refractivity contribution in [3.63, 3.8) is 0 Å². The van der Waals surface area contributed by atoms with Gasteiger partial charge in [0.1, 0.15) is 0 Å². The summed E-state index contributed by atoms with van der Waals surface area (Å²) in [6.07, 6.45) is 5.19. The highest BCUT2D eigenvalue weighted by Crippen LogP contribution is 2.39. The van der Waals surface area contributed by atoms with Crippen molar-refractivity contribution in [2.45, 2.75) is 59.9 Å². The molecule has 0 radical (unpaired) electrons. The van der Waals surface area contributed by atoms with E-state index in [0.29, 0.717) is 12.0 Å². The molecule has 1 saturated heterocycles. The van der Waals surface area contributed by atoms with E-state index in [0.717, 1.165) is 24.5 Å². The van der Waals surface area contributed by atoms with E-state index in [-0.39, 0.29) is 0 Å². The zero-order valence-electron chi connectivity index (χ0n) is 13.5. The van der Waals surface area contributed by atoms with Gasteiger partial charge >= 0.3 is 0 Å². The summed E-state index contributed by atoms with van der Waals surface area (Å²) in [5.41, 5.74) is 11.2. The number of hydrogen-bond donors (Lipinski definition) is 1. The van der Waals surface area contributed by atoms with Crippen LogP contribution in [0, 0.1) is 19.3 Å². The fourth-order valence-electron chi connectivity index (χ4n) is 3.55. The Hall–Kier alpha value is -1.09. The van der Waals surface area contributed by atoms with Gasteiger partial charge < -0.3 is 10.6 Å². The fraction of sp³-hybridized carbons (Fsp3) is 0.706. The molecule has 0 amide bonds. The smallest absolute Gasteiger partial charge is 0.0448 e. The molecule has 20 heavy (non-hydrogen) atoms. The minimum atomic E-state index is 0.566. The zero-order chi connectivity index (χ0) is 14.8. The maximum atomic E-state index is 5.95. The normalized spacial score (nSPS) is 18.4. The molecule has 1 aromatic heterocycles. The van der Waals surface area contributed by atoms with Crippen molar-refractivity contribution < 1.29 is 0 Å². The Morgan fingerprint density at radius 3 is 2.30 bits per heavy atom. The Morgan fingerprint density at radius 1 is 1.20 bits per heavy atom. The number of hydrogen-bond acceptors (Lipinski definition) is 3. The van der Waals surface area contributed by atoms with Gasteiger partial charge in [-0.25, -0.2) is 0 Å². The first-order chi connectivity index (χ1) is 9.55. The first kappa shape index (κ1) is 15.3. The maximum absolute atomic E-state index is 5.95. The molecule has 0 atom stereocenters. The van der Waals surface area contributed by atoms with Crippen LogP contribution in [0.1, 0.15) is 56.5 Å². The summed E-state index contributed by atoms with van der Waals surface area (Å²) in [6, 6.07) is 2.21. The summed E-state index contributed by atoms with van der Waals surface area (Å²) in [4.78, 5) is 7.08. The van der Waals surface area contributed by atoms with Crippen molar-refractivity contribution in [3.8, 4) is 0 Å². The highest BCUT2D eigenvalue weighted by atomic mass is 15.1. The number of aromatic nitrogens is 1. The number of rotatable bonds is 4. The minimum absolute atomic E-state index is 0.566. The van der Waals surface area contributed by atoms with E-state index in [2.05, 4.69) is 43.6 Å². The molecule has 112 valence electrons. The van der Waals surface area contributed by atoms with Crippen LogP contribution in [-0.2, 0) is 6.54 Å². The van der Waals surface area contributed by atoms with E-state index in [1.165, 1.54) is 36.9 Å². The molecule has 2 N–H and O–H groups in total. The second-order valence-electron chi connectivity index (χ2n) is 6.25. The lowest BCUT2D eigenvalue weighted by Gasteiger charge is -2.42. The van der Waals surface area contributed by atoms with Gasteiger partial charge in [-0.15, -0.1) is 0 Å². The van der Waals surface area contributed by atoms with Crippen LogP contribution in [0.3, 0.4) is 0 Å². The highest BCUT2D eigenvalue weighted by molar-refractivity contribution is 5.56. The molecule has 0 saturated carbocycles. The minimum Gasteiger partial charge on any atom is -0.371 e. The zero-order valence-corrected chi connectivity index (χ0v) is 13.5. The monoisotopic (exact) mass is 275 g/mol. The average Bonchev–Trinajstić information content (AvgIpc) is 2.46. The molecule has 1 aromatic rings. The standard InChI is InChI=1S/C17H29N3/c1-5-17(6-2)7-9-20(10-8-17)16-11-13(3)19-14(4)15(16)12-18/h11H,5-10,12,18H2,1-4H3. The van der Waals surface area contributed by atoms with Gasteiger partial charge in [0.05, 0.1) is 0 Å². The van der Waals surface area contributed by atoms with Gasteiger partial charge in [0.15, 0.2) is 0 Å². The molecule has 2 rings (SSSR count). The van der Waals surface area contributed by atoms with Crippen molar-refractivity contribution in [2.24, 2.45) is 11.1 Å². The number of anilines is 1. The fourth-order valence-corrected chi connectivity index (χ4v) is 3.55. The molecule has 0 aromatic carbocycles. The van der Waals surface area contributed by atoms with Crippen molar-refractivity contribution in [2.75, 3.05) is 18.0 Å². The summed E-state index contributed by atoms with van der Waals surface area (Å²) in [5, 5.41) is 0. The van der Waals surface area contributed by atoms with E-state index >= 15 is 0 Å². The third kappa shape index (κ3) is 2.83. The Bertz CT molecular complexity index is 454. The van der Waals surface area contributed by atoms with Crippen molar-refractivity contribution in [3.05, 3.63) is 23.0 Å². The lowest BCUT2D eigenvalue weighted by Crippen LogP contribution is -2.40. The van der Waals surface area contributed by atoms with E-state index in [9.17, 15) is 0 Å². The van der Waals surface area contributed by atoms with Crippen LogP contribution in [0.5, 0.6) is 0 Å². The topological polar surface area (TPSA) is 42.2 Å². The summed E-state index contributed by atoms with van der Waals surface area (Å²) in [5.74, 6) is 0. The van der Waals surface area contributed by atoms with Crippen LogP contribution in [0.25, 0.3) is 0 Å². The lowest BCUT2D eigenvalue weighted by atomic mass is 9.74. The van der Waals surface area contributed by atoms with Gasteiger partial charge in [0.2, 0.25) is 0 Å². The van der Waals surface area contributed by atoms with Crippen LogP contribution in [0.2, 0.25) is 0 Å². The predicted octanol–water partition coefficient (Wildman–Crippen LogP) is 3.56. The first-order valence-electron chi connectivity index (χ1n) is 7.97. The number of piperidine rings is 1. The molecule has 3 heteroatoms. The second-order valence-corrected chi connectivity index (χ2v) is 6.25. The predicted molar refractivity (Wildman–Crippen MR) is 86.1 cm³/mol. The maximum Gasteiger partial charge on any atom is 0.0448 e. The largest absolute Gasteiger partial charge is 0.371 e. The molecule has 1 fully saturated rings. The van der Waals surface area contributed by atoms with E-state index in [4.69, 9.17) is 5.73 Å². The number of nitrogens with two attached hydrogens (primary N) is 1.